The molecule has 0 amide bonds. The van der Waals surface area contributed by atoms with Crippen LogP contribution >= 0.6 is 11.6 Å². The van der Waals surface area contributed by atoms with Crippen molar-refractivity contribution in [3.05, 3.63) is 40.9 Å². The predicted octanol–water partition coefficient (Wildman–Crippen LogP) is 3.94. The van der Waals surface area contributed by atoms with Gasteiger partial charge in [0.1, 0.15) is 5.60 Å². The van der Waals surface area contributed by atoms with E-state index in [1.54, 1.807) is 24.3 Å². The second-order valence-electron chi connectivity index (χ2n) is 4.41. The van der Waals surface area contributed by atoms with Crippen molar-refractivity contribution in [3.8, 4) is 0 Å². The summed E-state index contributed by atoms with van der Waals surface area (Å²) in [5.74, 6) is -0.384. The van der Waals surface area contributed by atoms with Crippen LogP contribution in [0, 0.1) is 0 Å². The van der Waals surface area contributed by atoms with Gasteiger partial charge >= 0.3 is 5.97 Å². The number of hydrogen-bond donors (Lipinski definition) is 0. The Morgan fingerprint density at radius 3 is 2.56 bits per heavy atom. The second kappa shape index (κ2) is 4.71. The fourth-order valence-electron chi connectivity index (χ4n) is 1.26. The molecule has 16 heavy (non-hydrogen) atoms. The largest absolute Gasteiger partial charge is 0.456 e. The van der Waals surface area contributed by atoms with E-state index in [0.717, 1.165) is 0 Å². The summed E-state index contributed by atoms with van der Waals surface area (Å²) in [7, 11) is 0. The van der Waals surface area contributed by atoms with E-state index < -0.39 is 5.60 Å². The van der Waals surface area contributed by atoms with Crippen LogP contribution in [0.5, 0.6) is 0 Å². The summed E-state index contributed by atoms with van der Waals surface area (Å²) in [6.07, 6.45) is 1.56. The highest BCUT2D eigenvalue weighted by Crippen LogP contribution is 2.23. The first-order chi connectivity index (χ1) is 7.35. The van der Waals surface area contributed by atoms with Gasteiger partial charge in [-0.15, -0.1) is 0 Å². The molecule has 0 radical (unpaired) electrons. The van der Waals surface area contributed by atoms with E-state index in [2.05, 4.69) is 6.58 Å². The third-order valence-corrected chi connectivity index (χ3v) is 2.21. The molecule has 0 atom stereocenters. The summed E-state index contributed by atoms with van der Waals surface area (Å²) < 4.78 is 5.28. The van der Waals surface area contributed by atoms with Gasteiger partial charge in [0.2, 0.25) is 0 Å². The molecule has 0 bridgehead atoms. The number of halogens is 1. The van der Waals surface area contributed by atoms with E-state index in [9.17, 15) is 4.79 Å². The molecule has 0 aromatic heterocycles. The van der Waals surface area contributed by atoms with Gasteiger partial charge in [0.25, 0.3) is 0 Å². The van der Waals surface area contributed by atoms with Gasteiger partial charge in [-0.1, -0.05) is 30.3 Å². The molecule has 0 saturated carbocycles. The smallest absolute Gasteiger partial charge is 0.339 e. The molecule has 0 fully saturated rings. The minimum atomic E-state index is -0.516. The minimum Gasteiger partial charge on any atom is -0.456 e. The number of carbonyl (C=O) groups excluding carboxylic acids is 1. The Labute approximate surface area is 101 Å². The zero-order valence-corrected chi connectivity index (χ0v) is 10.5. The molecule has 0 spiro atoms. The summed E-state index contributed by atoms with van der Waals surface area (Å²) in [6.45, 7) is 9.11. The quantitative estimate of drug-likeness (QED) is 0.730. The molecule has 0 aliphatic rings. The van der Waals surface area contributed by atoms with Crippen molar-refractivity contribution in [1.82, 2.24) is 0 Å². The molecule has 86 valence electrons. The van der Waals surface area contributed by atoms with Crippen molar-refractivity contribution >= 4 is 23.6 Å². The number of hydrogen-bond acceptors (Lipinski definition) is 2. The Kier molecular flexibility index (Phi) is 3.76. The molecule has 0 unspecified atom stereocenters. The van der Waals surface area contributed by atoms with Crippen LogP contribution < -0.4 is 0 Å². The predicted molar refractivity (Wildman–Crippen MR) is 66.7 cm³/mol. The maximum atomic E-state index is 11.9. The Hall–Kier alpha value is -1.28. The monoisotopic (exact) mass is 238 g/mol. The van der Waals surface area contributed by atoms with Crippen LogP contribution in [0.25, 0.3) is 6.08 Å². The molecule has 0 saturated heterocycles. The number of carbonyl (C=O) groups is 1. The number of benzene rings is 1. The number of rotatable bonds is 2. The lowest BCUT2D eigenvalue weighted by molar-refractivity contribution is 0.00693. The first-order valence-corrected chi connectivity index (χ1v) is 5.37. The van der Waals surface area contributed by atoms with Gasteiger partial charge in [0.15, 0.2) is 0 Å². The molecule has 0 aliphatic carbocycles. The zero-order chi connectivity index (χ0) is 12.3. The average Bonchev–Trinajstić information content (AvgIpc) is 2.14. The van der Waals surface area contributed by atoms with Crippen LogP contribution in [-0.2, 0) is 4.74 Å². The fraction of sp³-hybridized carbons (Fsp3) is 0.308. The topological polar surface area (TPSA) is 26.3 Å². The van der Waals surface area contributed by atoms with Crippen LogP contribution in [0.4, 0.5) is 0 Å². The Morgan fingerprint density at radius 2 is 2.06 bits per heavy atom. The summed E-state index contributed by atoms with van der Waals surface area (Å²) in [4.78, 5) is 11.9. The Balaban J connectivity index is 3.09. The lowest BCUT2D eigenvalue weighted by atomic mass is 10.1. The van der Waals surface area contributed by atoms with E-state index in [0.29, 0.717) is 16.1 Å². The fourth-order valence-corrected chi connectivity index (χ4v) is 1.51. The highest BCUT2D eigenvalue weighted by molar-refractivity contribution is 6.32. The first-order valence-electron chi connectivity index (χ1n) is 4.99. The molecule has 1 aromatic rings. The van der Waals surface area contributed by atoms with Crippen LogP contribution in [0.3, 0.4) is 0 Å². The van der Waals surface area contributed by atoms with Crippen molar-refractivity contribution in [2.45, 2.75) is 26.4 Å². The van der Waals surface area contributed by atoms with Crippen molar-refractivity contribution in [3.63, 3.8) is 0 Å². The number of esters is 1. The molecule has 2 nitrogen and oxygen atoms in total. The van der Waals surface area contributed by atoms with Crippen LogP contribution in [0.15, 0.2) is 24.8 Å². The summed E-state index contributed by atoms with van der Waals surface area (Å²) >= 11 is 5.97. The molecule has 3 heteroatoms. The third kappa shape index (κ3) is 3.11. The minimum absolute atomic E-state index is 0.384. The summed E-state index contributed by atoms with van der Waals surface area (Å²) in [5.41, 5.74) is 0.536. The maximum Gasteiger partial charge on any atom is 0.339 e. The van der Waals surface area contributed by atoms with Gasteiger partial charge in [-0.2, -0.15) is 0 Å². The maximum absolute atomic E-state index is 11.9. The van der Waals surface area contributed by atoms with E-state index in [-0.39, 0.29) is 5.97 Å². The van der Waals surface area contributed by atoms with Gasteiger partial charge in [0.05, 0.1) is 5.56 Å². The molecule has 1 rings (SSSR count). The Morgan fingerprint density at radius 1 is 1.44 bits per heavy atom. The second-order valence-corrected chi connectivity index (χ2v) is 4.81. The van der Waals surface area contributed by atoms with E-state index >= 15 is 0 Å². The average molecular weight is 239 g/mol. The lowest BCUT2D eigenvalue weighted by Crippen LogP contribution is -2.24. The van der Waals surface area contributed by atoms with Gasteiger partial charge in [-0.05, 0) is 32.9 Å². The van der Waals surface area contributed by atoms with Crippen molar-refractivity contribution in [1.29, 1.82) is 0 Å². The normalized spacial score (nSPS) is 11.0. The van der Waals surface area contributed by atoms with Crippen LogP contribution in [0.2, 0.25) is 5.02 Å². The SMILES string of the molecule is C=Cc1c(Cl)cccc1C(=O)OC(C)(C)C. The summed E-state index contributed by atoms with van der Waals surface area (Å²) in [5, 5.41) is 0.498. The summed E-state index contributed by atoms with van der Waals surface area (Å²) in [6, 6.07) is 5.11. The lowest BCUT2D eigenvalue weighted by Gasteiger charge is -2.20. The molecule has 0 heterocycles. The standard InChI is InChI=1S/C13H15ClO2/c1-5-9-10(7-6-8-11(9)14)12(15)16-13(2,3)4/h5-8H,1H2,2-4H3. The highest BCUT2D eigenvalue weighted by atomic mass is 35.5. The van der Waals surface area contributed by atoms with Crippen LogP contribution in [0.1, 0.15) is 36.7 Å². The molecular weight excluding hydrogens is 224 g/mol. The Bertz CT molecular complexity index is 416. The molecule has 1 aromatic carbocycles. The molecule has 0 N–H and O–H groups in total. The van der Waals surface area contributed by atoms with Crippen molar-refractivity contribution in [2.24, 2.45) is 0 Å². The van der Waals surface area contributed by atoms with Gasteiger partial charge in [-0.3, -0.25) is 0 Å². The van der Waals surface area contributed by atoms with Crippen LogP contribution in [-0.4, -0.2) is 11.6 Å². The highest BCUT2D eigenvalue weighted by Gasteiger charge is 2.20. The number of ether oxygens (including phenoxy) is 1. The van der Waals surface area contributed by atoms with Crippen molar-refractivity contribution < 1.29 is 9.53 Å². The van der Waals surface area contributed by atoms with Gasteiger partial charge < -0.3 is 4.74 Å². The zero-order valence-electron chi connectivity index (χ0n) is 9.71. The first kappa shape index (κ1) is 12.8. The molecular formula is C13H15ClO2. The van der Waals surface area contributed by atoms with E-state index in [1.807, 2.05) is 20.8 Å². The van der Waals surface area contributed by atoms with E-state index in [1.165, 1.54) is 0 Å². The third-order valence-electron chi connectivity index (χ3n) is 1.88. The van der Waals surface area contributed by atoms with Crippen molar-refractivity contribution in [2.75, 3.05) is 0 Å². The van der Waals surface area contributed by atoms with E-state index in [4.69, 9.17) is 16.3 Å². The van der Waals surface area contributed by atoms with Gasteiger partial charge in [-0.25, -0.2) is 4.79 Å². The molecule has 0 aliphatic heterocycles. The van der Waals surface area contributed by atoms with Gasteiger partial charge in [0, 0.05) is 10.6 Å².